The van der Waals surface area contributed by atoms with Crippen LogP contribution >= 0.6 is 11.6 Å². The first-order chi connectivity index (χ1) is 7.84. The highest BCUT2D eigenvalue weighted by Crippen LogP contribution is 2.20. The van der Waals surface area contributed by atoms with Gasteiger partial charge in [-0.1, -0.05) is 11.6 Å². The molecule has 0 heterocycles. The molecular weight excluding hydrogens is 236 g/mol. The molecule has 0 spiro atoms. The number of carbonyl (C=O) groups excluding carboxylic acids is 1. The minimum atomic E-state index is -0.261. The van der Waals surface area contributed by atoms with E-state index in [4.69, 9.17) is 16.3 Å². The SMILES string of the molecule is COC(C)(C)CCC(=O)c1cc(C)cc(Cl)c1. The summed E-state index contributed by atoms with van der Waals surface area (Å²) in [4.78, 5) is 12.0. The minimum absolute atomic E-state index is 0.112. The zero-order valence-corrected chi connectivity index (χ0v) is 11.6. The Kier molecular flexibility index (Phi) is 4.72. The van der Waals surface area contributed by atoms with Crippen LogP contribution in [0.15, 0.2) is 18.2 Å². The molecule has 2 nitrogen and oxygen atoms in total. The van der Waals surface area contributed by atoms with E-state index in [1.807, 2.05) is 32.9 Å². The quantitative estimate of drug-likeness (QED) is 0.742. The molecule has 17 heavy (non-hydrogen) atoms. The first-order valence-corrected chi connectivity index (χ1v) is 6.07. The Morgan fingerprint density at radius 1 is 1.35 bits per heavy atom. The summed E-state index contributed by atoms with van der Waals surface area (Å²) in [5, 5.41) is 0.611. The molecule has 1 rings (SSSR count). The summed E-state index contributed by atoms with van der Waals surface area (Å²) in [6, 6.07) is 5.43. The maximum absolute atomic E-state index is 12.0. The number of methoxy groups -OCH3 is 1. The fourth-order valence-electron chi connectivity index (χ4n) is 1.56. The maximum Gasteiger partial charge on any atom is 0.163 e. The standard InChI is InChI=1S/C14H19ClO2/c1-10-7-11(9-12(15)8-10)13(16)5-6-14(2,3)17-4/h7-9H,5-6H2,1-4H3. The molecule has 0 aliphatic rings. The Bertz CT molecular complexity index is 390. The Hall–Kier alpha value is -0.860. The fourth-order valence-corrected chi connectivity index (χ4v) is 1.85. The summed E-state index contributed by atoms with van der Waals surface area (Å²) in [7, 11) is 1.66. The van der Waals surface area contributed by atoms with Gasteiger partial charge in [-0.2, -0.15) is 0 Å². The highest BCUT2D eigenvalue weighted by Gasteiger charge is 2.18. The number of rotatable bonds is 5. The van der Waals surface area contributed by atoms with Gasteiger partial charge in [-0.15, -0.1) is 0 Å². The molecule has 3 heteroatoms. The van der Waals surface area contributed by atoms with E-state index in [1.54, 1.807) is 13.2 Å². The fraction of sp³-hybridized carbons (Fsp3) is 0.500. The lowest BCUT2D eigenvalue weighted by Crippen LogP contribution is -2.23. The van der Waals surface area contributed by atoms with Crippen LogP contribution in [0.4, 0.5) is 0 Å². The Morgan fingerprint density at radius 2 is 2.00 bits per heavy atom. The number of halogens is 1. The number of Topliss-reactive ketones (excluding diaryl/α,β-unsaturated/α-hetero) is 1. The van der Waals surface area contributed by atoms with Crippen LogP contribution in [0.3, 0.4) is 0 Å². The number of benzene rings is 1. The van der Waals surface area contributed by atoms with E-state index >= 15 is 0 Å². The van der Waals surface area contributed by atoms with E-state index in [-0.39, 0.29) is 11.4 Å². The van der Waals surface area contributed by atoms with Gasteiger partial charge in [0, 0.05) is 24.1 Å². The van der Waals surface area contributed by atoms with Gasteiger partial charge in [0.25, 0.3) is 0 Å². The predicted molar refractivity (Wildman–Crippen MR) is 70.8 cm³/mol. The molecule has 0 saturated heterocycles. The molecule has 0 unspecified atom stereocenters. The average molecular weight is 255 g/mol. The number of ether oxygens (including phenoxy) is 1. The van der Waals surface area contributed by atoms with Crippen molar-refractivity contribution in [1.29, 1.82) is 0 Å². The normalized spacial score (nSPS) is 11.6. The molecule has 0 N–H and O–H groups in total. The molecule has 1 aromatic carbocycles. The number of ketones is 1. The summed E-state index contributed by atoms with van der Waals surface area (Å²) in [5.41, 5.74) is 1.43. The lowest BCUT2D eigenvalue weighted by Gasteiger charge is -2.22. The minimum Gasteiger partial charge on any atom is -0.379 e. The van der Waals surface area contributed by atoms with E-state index in [9.17, 15) is 4.79 Å². The zero-order valence-electron chi connectivity index (χ0n) is 10.8. The topological polar surface area (TPSA) is 26.3 Å². The molecular formula is C14H19ClO2. The Balaban J connectivity index is 2.70. The van der Waals surface area contributed by atoms with Crippen molar-refractivity contribution in [3.05, 3.63) is 34.3 Å². The third kappa shape index (κ3) is 4.49. The summed E-state index contributed by atoms with van der Waals surface area (Å²) in [6.45, 7) is 5.88. The third-order valence-corrected chi connectivity index (χ3v) is 3.09. The molecule has 1 aromatic rings. The molecule has 0 bridgehead atoms. The Morgan fingerprint density at radius 3 is 2.53 bits per heavy atom. The van der Waals surface area contributed by atoms with E-state index in [2.05, 4.69) is 0 Å². The van der Waals surface area contributed by atoms with Crippen molar-refractivity contribution in [1.82, 2.24) is 0 Å². The van der Waals surface area contributed by atoms with E-state index in [1.165, 1.54) is 0 Å². The highest BCUT2D eigenvalue weighted by molar-refractivity contribution is 6.31. The molecule has 0 aliphatic heterocycles. The summed E-state index contributed by atoms with van der Waals surface area (Å²) >= 11 is 5.93. The van der Waals surface area contributed by atoms with Gasteiger partial charge in [0.1, 0.15) is 0 Å². The van der Waals surface area contributed by atoms with Crippen LogP contribution in [0.1, 0.15) is 42.6 Å². The van der Waals surface area contributed by atoms with Crippen LogP contribution in [0.25, 0.3) is 0 Å². The van der Waals surface area contributed by atoms with Crippen molar-refractivity contribution in [2.24, 2.45) is 0 Å². The van der Waals surface area contributed by atoms with Crippen molar-refractivity contribution in [2.45, 2.75) is 39.2 Å². The van der Waals surface area contributed by atoms with Gasteiger partial charge in [0.05, 0.1) is 5.60 Å². The van der Waals surface area contributed by atoms with Crippen LogP contribution in [0.5, 0.6) is 0 Å². The van der Waals surface area contributed by atoms with Crippen molar-refractivity contribution >= 4 is 17.4 Å². The predicted octanol–water partition coefficient (Wildman–Crippen LogP) is 4.04. The third-order valence-electron chi connectivity index (χ3n) is 2.87. The zero-order chi connectivity index (χ0) is 13.1. The summed E-state index contributed by atoms with van der Waals surface area (Å²) < 4.78 is 5.29. The lowest BCUT2D eigenvalue weighted by molar-refractivity contribution is 0.0141. The number of aryl methyl sites for hydroxylation is 1. The maximum atomic E-state index is 12.0. The number of carbonyl (C=O) groups is 1. The van der Waals surface area contributed by atoms with Crippen LogP contribution < -0.4 is 0 Å². The molecule has 0 saturated carbocycles. The number of hydrogen-bond donors (Lipinski definition) is 0. The van der Waals surface area contributed by atoms with Gasteiger partial charge in [-0.05, 0) is 51.0 Å². The van der Waals surface area contributed by atoms with Crippen molar-refractivity contribution in [3.63, 3.8) is 0 Å². The van der Waals surface area contributed by atoms with Crippen LogP contribution in [-0.4, -0.2) is 18.5 Å². The van der Waals surface area contributed by atoms with Gasteiger partial charge in [-0.3, -0.25) is 4.79 Å². The molecule has 0 fully saturated rings. The van der Waals surface area contributed by atoms with Crippen LogP contribution in [-0.2, 0) is 4.74 Å². The smallest absolute Gasteiger partial charge is 0.163 e. The molecule has 0 aliphatic carbocycles. The van der Waals surface area contributed by atoms with Gasteiger partial charge in [-0.25, -0.2) is 0 Å². The highest BCUT2D eigenvalue weighted by atomic mass is 35.5. The van der Waals surface area contributed by atoms with E-state index in [0.717, 1.165) is 5.56 Å². The van der Waals surface area contributed by atoms with E-state index in [0.29, 0.717) is 23.4 Å². The van der Waals surface area contributed by atoms with E-state index < -0.39 is 0 Å². The van der Waals surface area contributed by atoms with Crippen molar-refractivity contribution < 1.29 is 9.53 Å². The molecule has 0 aromatic heterocycles. The first-order valence-electron chi connectivity index (χ1n) is 5.69. The monoisotopic (exact) mass is 254 g/mol. The molecule has 0 amide bonds. The average Bonchev–Trinajstić information content (AvgIpc) is 2.24. The second-order valence-corrected chi connectivity index (χ2v) is 5.34. The first kappa shape index (κ1) is 14.2. The van der Waals surface area contributed by atoms with Crippen molar-refractivity contribution in [3.8, 4) is 0 Å². The van der Waals surface area contributed by atoms with Gasteiger partial charge in [0.15, 0.2) is 5.78 Å². The number of hydrogen-bond acceptors (Lipinski definition) is 2. The molecule has 94 valence electrons. The van der Waals surface area contributed by atoms with Crippen LogP contribution in [0, 0.1) is 6.92 Å². The van der Waals surface area contributed by atoms with Gasteiger partial charge in [0.2, 0.25) is 0 Å². The van der Waals surface area contributed by atoms with Gasteiger partial charge < -0.3 is 4.74 Å². The van der Waals surface area contributed by atoms with Gasteiger partial charge >= 0.3 is 0 Å². The summed E-state index contributed by atoms with van der Waals surface area (Å²) in [5.74, 6) is 0.112. The summed E-state index contributed by atoms with van der Waals surface area (Å²) in [6.07, 6.45) is 1.18. The Labute approximate surface area is 108 Å². The lowest BCUT2D eigenvalue weighted by atomic mass is 9.97. The second-order valence-electron chi connectivity index (χ2n) is 4.90. The second kappa shape index (κ2) is 5.65. The molecule has 0 radical (unpaired) electrons. The van der Waals surface area contributed by atoms with Crippen LogP contribution in [0.2, 0.25) is 5.02 Å². The van der Waals surface area contributed by atoms with Crippen molar-refractivity contribution in [2.75, 3.05) is 7.11 Å². The largest absolute Gasteiger partial charge is 0.379 e. The molecule has 0 atom stereocenters.